The number of aliphatic hydroxyl groups excluding tert-OH is 1. The van der Waals surface area contributed by atoms with E-state index in [4.69, 9.17) is 9.84 Å². The van der Waals surface area contributed by atoms with Crippen LogP contribution in [-0.4, -0.2) is 35.8 Å². The summed E-state index contributed by atoms with van der Waals surface area (Å²) in [5.41, 5.74) is 2.24. The Hall–Kier alpha value is -1.80. The first kappa shape index (κ1) is 15.1. The second-order valence-corrected chi connectivity index (χ2v) is 6.50. The van der Waals surface area contributed by atoms with Gasteiger partial charge in [0.1, 0.15) is 18.5 Å². The van der Waals surface area contributed by atoms with E-state index in [1.165, 1.54) is 10.4 Å². The van der Waals surface area contributed by atoms with E-state index in [1.54, 1.807) is 11.3 Å². The van der Waals surface area contributed by atoms with E-state index in [0.717, 1.165) is 30.9 Å². The van der Waals surface area contributed by atoms with Crippen LogP contribution in [0.4, 0.5) is 0 Å². The molecule has 0 atom stereocenters. The maximum Gasteiger partial charge on any atom is 0.124 e. The molecule has 0 amide bonds. The summed E-state index contributed by atoms with van der Waals surface area (Å²) in [6.45, 7) is 4.86. The monoisotopic (exact) mass is 313 g/mol. The molecule has 1 aliphatic heterocycles. The van der Waals surface area contributed by atoms with E-state index in [-0.39, 0.29) is 12.7 Å². The van der Waals surface area contributed by atoms with E-state index < -0.39 is 0 Å². The molecule has 0 unspecified atom stereocenters. The molecule has 0 radical (unpaired) electrons. The fourth-order valence-corrected chi connectivity index (χ4v) is 3.28. The van der Waals surface area contributed by atoms with Gasteiger partial charge in [-0.2, -0.15) is 0 Å². The highest BCUT2D eigenvalue weighted by atomic mass is 32.1. The summed E-state index contributed by atoms with van der Waals surface area (Å²) in [7, 11) is 0. The topological polar surface area (TPSA) is 32.7 Å². The number of likely N-dealkylation sites (tertiary alicyclic amines) is 1. The maximum atomic E-state index is 8.70. The van der Waals surface area contributed by atoms with Gasteiger partial charge in [-0.05, 0) is 25.1 Å². The first-order valence-electron chi connectivity index (χ1n) is 7.36. The van der Waals surface area contributed by atoms with Crippen molar-refractivity contribution in [3.05, 3.63) is 51.7 Å². The zero-order chi connectivity index (χ0) is 15.4. The lowest BCUT2D eigenvalue weighted by Gasteiger charge is -2.38. The zero-order valence-electron chi connectivity index (χ0n) is 12.6. The molecular weight excluding hydrogens is 294 g/mol. The molecule has 3 nitrogen and oxygen atoms in total. The summed E-state index contributed by atoms with van der Waals surface area (Å²) < 4.78 is 5.94. The molecule has 114 valence electrons. The molecule has 22 heavy (non-hydrogen) atoms. The molecule has 0 saturated carbocycles. The van der Waals surface area contributed by atoms with Crippen LogP contribution in [0.25, 0.3) is 0 Å². The third kappa shape index (κ3) is 3.89. The quantitative estimate of drug-likeness (QED) is 0.881. The predicted molar refractivity (Wildman–Crippen MR) is 89.2 cm³/mol. The average Bonchev–Trinajstić information content (AvgIpc) is 2.92. The number of rotatable bonds is 4. The number of aryl methyl sites for hydroxylation is 1. The first-order chi connectivity index (χ1) is 10.7. The minimum atomic E-state index is -0.0880. The Morgan fingerprint density at radius 1 is 1.32 bits per heavy atom. The Morgan fingerprint density at radius 3 is 2.82 bits per heavy atom. The molecule has 4 heteroatoms. The van der Waals surface area contributed by atoms with Crippen LogP contribution in [0.1, 0.15) is 16.0 Å². The zero-order valence-corrected chi connectivity index (χ0v) is 13.4. The lowest BCUT2D eigenvalue weighted by molar-refractivity contribution is 0.0152. The number of hydrogen-bond acceptors (Lipinski definition) is 4. The highest BCUT2D eigenvalue weighted by Gasteiger charge is 2.28. The Labute approximate surface area is 135 Å². The molecule has 0 spiro atoms. The maximum absolute atomic E-state index is 8.70. The summed E-state index contributed by atoms with van der Waals surface area (Å²) >= 11 is 1.72. The lowest BCUT2D eigenvalue weighted by Crippen LogP contribution is -2.52. The van der Waals surface area contributed by atoms with Crippen molar-refractivity contribution in [2.45, 2.75) is 19.6 Å². The number of thiophene rings is 1. The van der Waals surface area contributed by atoms with Gasteiger partial charge in [-0.25, -0.2) is 0 Å². The third-order valence-electron chi connectivity index (χ3n) is 3.59. The first-order valence-corrected chi connectivity index (χ1v) is 8.24. The lowest BCUT2D eigenvalue weighted by atomic mass is 10.1. The molecule has 1 fully saturated rings. The van der Waals surface area contributed by atoms with Crippen molar-refractivity contribution in [2.24, 2.45) is 0 Å². The normalized spacial score (nSPS) is 15.0. The van der Waals surface area contributed by atoms with Crippen molar-refractivity contribution in [1.29, 1.82) is 0 Å². The highest BCUT2D eigenvalue weighted by Crippen LogP contribution is 2.22. The SMILES string of the molecule is Cc1ccc(OC2CN(Cc3cc(C#CCO)cs3)C2)cc1. The predicted octanol–water partition coefficient (Wildman–Crippen LogP) is 2.66. The molecular formula is C18H19NO2S. The molecule has 2 aromatic rings. The summed E-state index contributed by atoms with van der Waals surface area (Å²) in [5.74, 6) is 6.57. The van der Waals surface area contributed by atoms with Crippen LogP contribution in [0, 0.1) is 18.8 Å². The summed E-state index contributed by atoms with van der Waals surface area (Å²) in [5, 5.41) is 10.7. The summed E-state index contributed by atoms with van der Waals surface area (Å²) in [4.78, 5) is 3.67. The van der Waals surface area contributed by atoms with Crippen LogP contribution in [0.15, 0.2) is 35.7 Å². The van der Waals surface area contributed by atoms with Gasteiger partial charge < -0.3 is 9.84 Å². The van der Waals surface area contributed by atoms with Crippen LogP contribution >= 0.6 is 11.3 Å². The Kier molecular flexibility index (Phi) is 4.79. The summed E-state index contributed by atoms with van der Waals surface area (Å²) in [6, 6.07) is 10.3. The van der Waals surface area contributed by atoms with Gasteiger partial charge in [0.15, 0.2) is 0 Å². The van der Waals surface area contributed by atoms with Gasteiger partial charge in [0.25, 0.3) is 0 Å². The second kappa shape index (κ2) is 6.97. The molecule has 0 aliphatic carbocycles. The Balaban J connectivity index is 1.45. The van der Waals surface area contributed by atoms with Gasteiger partial charge in [-0.1, -0.05) is 29.5 Å². The number of ether oxygens (including phenoxy) is 1. The molecule has 0 bridgehead atoms. The average molecular weight is 313 g/mol. The van der Waals surface area contributed by atoms with E-state index in [1.807, 2.05) is 17.5 Å². The minimum absolute atomic E-state index is 0.0880. The van der Waals surface area contributed by atoms with E-state index in [9.17, 15) is 0 Å². The van der Waals surface area contributed by atoms with Crippen molar-refractivity contribution in [2.75, 3.05) is 19.7 Å². The van der Waals surface area contributed by atoms with E-state index in [0.29, 0.717) is 0 Å². The number of aliphatic hydroxyl groups is 1. The highest BCUT2D eigenvalue weighted by molar-refractivity contribution is 7.10. The van der Waals surface area contributed by atoms with Crippen molar-refractivity contribution in [3.8, 4) is 17.6 Å². The Bertz CT molecular complexity index is 675. The Morgan fingerprint density at radius 2 is 2.09 bits per heavy atom. The van der Waals surface area contributed by atoms with Crippen molar-refractivity contribution in [3.63, 3.8) is 0 Å². The largest absolute Gasteiger partial charge is 0.488 e. The van der Waals surface area contributed by atoms with Crippen LogP contribution in [0.2, 0.25) is 0 Å². The van der Waals surface area contributed by atoms with Gasteiger partial charge in [0, 0.05) is 35.5 Å². The molecule has 2 heterocycles. The number of hydrogen-bond donors (Lipinski definition) is 1. The second-order valence-electron chi connectivity index (χ2n) is 5.51. The van der Waals surface area contributed by atoms with Gasteiger partial charge in [0.05, 0.1) is 0 Å². The van der Waals surface area contributed by atoms with Crippen molar-refractivity contribution in [1.82, 2.24) is 4.90 Å². The van der Waals surface area contributed by atoms with Crippen molar-refractivity contribution >= 4 is 11.3 Å². The number of benzene rings is 1. The third-order valence-corrected chi connectivity index (χ3v) is 4.51. The standard InChI is InChI=1S/C18H19NO2S/c1-14-4-6-16(7-5-14)21-17-10-19(11-17)12-18-9-15(13-22-18)3-2-8-20/h4-7,9,13,17,20H,8,10-12H2,1H3. The molecule has 1 N–H and O–H groups in total. The van der Waals surface area contributed by atoms with Gasteiger partial charge in [0.2, 0.25) is 0 Å². The minimum Gasteiger partial charge on any atom is -0.488 e. The molecule has 1 aliphatic rings. The van der Waals surface area contributed by atoms with E-state index in [2.05, 4.69) is 41.9 Å². The molecule has 1 aromatic heterocycles. The van der Waals surface area contributed by atoms with Crippen LogP contribution < -0.4 is 4.74 Å². The smallest absolute Gasteiger partial charge is 0.124 e. The van der Waals surface area contributed by atoms with Crippen LogP contribution in [0.5, 0.6) is 5.75 Å². The number of nitrogens with zero attached hydrogens (tertiary/aromatic N) is 1. The van der Waals surface area contributed by atoms with Crippen LogP contribution in [0.3, 0.4) is 0 Å². The fourth-order valence-electron chi connectivity index (χ4n) is 2.43. The van der Waals surface area contributed by atoms with Gasteiger partial charge in [-0.15, -0.1) is 11.3 Å². The summed E-state index contributed by atoms with van der Waals surface area (Å²) in [6.07, 6.45) is 0.288. The van der Waals surface area contributed by atoms with Crippen LogP contribution in [-0.2, 0) is 6.54 Å². The van der Waals surface area contributed by atoms with Gasteiger partial charge in [-0.3, -0.25) is 4.90 Å². The molecule has 1 saturated heterocycles. The molecule has 3 rings (SSSR count). The van der Waals surface area contributed by atoms with Crippen molar-refractivity contribution < 1.29 is 9.84 Å². The fraction of sp³-hybridized carbons (Fsp3) is 0.333. The molecule has 1 aromatic carbocycles. The van der Waals surface area contributed by atoms with E-state index >= 15 is 0 Å². The van der Waals surface area contributed by atoms with Gasteiger partial charge >= 0.3 is 0 Å².